The molecule has 64 heavy (non-hydrogen) atoms. The van der Waals surface area contributed by atoms with Gasteiger partial charge >= 0.3 is 0 Å². The highest BCUT2D eigenvalue weighted by atomic mass is 16.5. The molecule has 2 nitrogen and oxygen atoms in total. The molecule has 4 aliphatic rings. The van der Waals surface area contributed by atoms with E-state index in [-0.39, 0.29) is 0 Å². The number of nitrogens with zero attached hydrogens (tertiary/aromatic N) is 1. The van der Waals surface area contributed by atoms with Crippen molar-refractivity contribution in [3.05, 3.63) is 281 Å². The minimum Gasteiger partial charge on any atom is -0.457 e. The molecule has 10 aromatic carbocycles. The van der Waals surface area contributed by atoms with E-state index in [0.717, 1.165) is 34.0 Å². The highest BCUT2D eigenvalue weighted by Gasteiger charge is 2.54. The molecule has 10 aromatic rings. The second-order valence-corrected chi connectivity index (χ2v) is 17.5. The van der Waals surface area contributed by atoms with Gasteiger partial charge in [-0.2, -0.15) is 0 Å². The fourth-order valence-corrected chi connectivity index (χ4v) is 12.2. The van der Waals surface area contributed by atoms with Gasteiger partial charge in [-0.3, -0.25) is 0 Å². The second kappa shape index (κ2) is 13.2. The monoisotopic (exact) mass is 813 g/mol. The minimum atomic E-state index is -0.484. The maximum absolute atomic E-state index is 6.89. The van der Waals surface area contributed by atoms with Crippen LogP contribution in [-0.2, 0) is 10.8 Å². The Hall–Kier alpha value is -8.20. The van der Waals surface area contributed by atoms with Gasteiger partial charge in [-0.1, -0.05) is 194 Å². The normalized spacial score (nSPS) is 14.3. The largest absolute Gasteiger partial charge is 0.457 e. The third-order valence-corrected chi connectivity index (χ3v) is 14.6. The van der Waals surface area contributed by atoms with Crippen molar-refractivity contribution in [2.75, 3.05) is 4.90 Å². The van der Waals surface area contributed by atoms with E-state index in [1.807, 2.05) is 0 Å². The standard InChI is InChI=1S/C62H39NO/c1-2-17-42(18-3-1)63(57-31-16-24-49-48-23-8-13-29-54(48)62(60(49)57)52-27-11-6-21-46(52)47-22-7-12-28-53(47)62)43-36-33-40(34-37-43)41-35-38-56-59(39-41)64-58-32-15-14-30-55(58)61(56)50-25-9-4-19-44(50)45-20-5-10-26-51(45)61/h1-39H. The maximum Gasteiger partial charge on any atom is 0.132 e. The molecule has 1 aliphatic heterocycles. The molecule has 0 aromatic heterocycles. The Balaban J connectivity index is 0.933. The van der Waals surface area contributed by atoms with E-state index in [0.29, 0.717) is 0 Å². The van der Waals surface area contributed by atoms with Crippen LogP contribution in [0.4, 0.5) is 17.1 Å². The molecule has 0 saturated carbocycles. The van der Waals surface area contributed by atoms with E-state index >= 15 is 0 Å². The fourth-order valence-electron chi connectivity index (χ4n) is 12.2. The molecule has 0 N–H and O–H groups in total. The van der Waals surface area contributed by atoms with Crippen LogP contribution >= 0.6 is 0 Å². The summed E-state index contributed by atoms with van der Waals surface area (Å²) >= 11 is 0. The van der Waals surface area contributed by atoms with Crippen LogP contribution in [0.5, 0.6) is 11.5 Å². The van der Waals surface area contributed by atoms with E-state index < -0.39 is 10.8 Å². The molecule has 2 spiro atoms. The predicted molar refractivity (Wildman–Crippen MR) is 260 cm³/mol. The minimum absolute atomic E-state index is 0.483. The van der Waals surface area contributed by atoms with Gasteiger partial charge in [0.1, 0.15) is 11.5 Å². The Morgan fingerprint density at radius 1 is 0.281 bits per heavy atom. The van der Waals surface area contributed by atoms with Crippen molar-refractivity contribution in [1.82, 2.24) is 0 Å². The number of benzene rings is 10. The zero-order chi connectivity index (χ0) is 42.0. The van der Waals surface area contributed by atoms with Crippen LogP contribution in [0.25, 0.3) is 44.5 Å². The van der Waals surface area contributed by atoms with Crippen molar-refractivity contribution in [3.8, 4) is 56.0 Å². The Morgan fingerprint density at radius 2 is 0.703 bits per heavy atom. The van der Waals surface area contributed by atoms with Crippen LogP contribution in [0, 0.1) is 0 Å². The van der Waals surface area contributed by atoms with Gasteiger partial charge in [0.25, 0.3) is 0 Å². The third-order valence-electron chi connectivity index (χ3n) is 14.6. The summed E-state index contributed by atoms with van der Waals surface area (Å²) in [6.45, 7) is 0. The van der Waals surface area contributed by atoms with E-state index in [2.05, 4.69) is 241 Å². The van der Waals surface area contributed by atoms with Crippen molar-refractivity contribution in [2.45, 2.75) is 10.8 Å². The Morgan fingerprint density at radius 3 is 1.28 bits per heavy atom. The number of hydrogen-bond donors (Lipinski definition) is 0. The highest BCUT2D eigenvalue weighted by Crippen LogP contribution is 2.66. The molecule has 14 rings (SSSR count). The fraction of sp³-hybridized carbons (Fsp3) is 0.0323. The van der Waals surface area contributed by atoms with Gasteiger partial charge in [0.05, 0.1) is 16.5 Å². The van der Waals surface area contributed by atoms with Gasteiger partial charge in [0.15, 0.2) is 0 Å². The lowest BCUT2D eigenvalue weighted by atomic mass is 9.66. The van der Waals surface area contributed by atoms with Crippen molar-refractivity contribution in [2.24, 2.45) is 0 Å². The molecule has 298 valence electrons. The number of rotatable bonds is 4. The second-order valence-electron chi connectivity index (χ2n) is 17.5. The van der Waals surface area contributed by atoms with Gasteiger partial charge in [0, 0.05) is 28.1 Å². The molecular formula is C62H39NO. The molecule has 0 amide bonds. The highest BCUT2D eigenvalue weighted by molar-refractivity contribution is 6.00. The molecule has 1 heterocycles. The molecular weight excluding hydrogens is 775 g/mol. The first-order chi connectivity index (χ1) is 31.8. The van der Waals surface area contributed by atoms with E-state index in [1.165, 1.54) is 83.6 Å². The van der Waals surface area contributed by atoms with Gasteiger partial charge in [-0.15, -0.1) is 0 Å². The summed E-state index contributed by atoms with van der Waals surface area (Å²) in [7, 11) is 0. The first kappa shape index (κ1) is 35.4. The van der Waals surface area contributed by atoms with Crippen LogP contribution in [0.3, 0.4) is 0 Å². The molecule has 0 atom stereocenters. The quantitative estimate of drug-likeness (QED) is 0.175. The Labute approximate surface area is 373 Å². The van der Waals surface area contributed by atoms with Crippen LogP contribution in [-0.4, -0.2) is 0 Å². The lowest BCUT2D eigenvalue weighted by molar-refractivity contribution is 0.436. The van der Waals surface area contributed by atoms with Crippen molar-refractivity contribution in [1.29, 1.82) is 0 Å². The van der Waals surface area contributed by atoms with E-state index in [4.69, 9.17) is 4.74 Å². The van der Waals surface area contributed by atoms with Crippen LogP contribution in [0.2, 0.25) is 0 Å². The first-order valence-electron chi connectivity index (χ1n) is 22.3. The number of anilines is 3. The van der Waals surface area contributed by atoms with Crippen LogP contribution in [0.15, 0.2) is 237 Å². The van der Waals surface area contributed by atoms with Crippen molar-refractivity contribution < 1.29 is 4.74 Å². The average Bonchev–Trinajstić information content (AvgIpc) is 3.95. The zero-order valence-corrected chi connectivity index (χ0v) is 34.9. The SMILES string of the molecule is c1ccc(N(c2ccc(-c3ccc4c(c3)Oc3ccccc3C43c4ccccc4-c4ccccc43)cc2)c2cccc3c2C2(c4ccccc4-c4ccccc42)c2ccccc2-3)cc1. The first-order valence-corrected chi connectivity index (χ1v) is 22.3. The maximum atomic E-state index is 6.89. The molecule has 0 saturated heterocycles. The summed E-state index contributed by atoms with van der Waals surface area (Å²) in [5, 5.41) is 0. The van der Waals surface area contributed by atoms with E-state index in [9.17, 15) is 0 Å². The summed E-state index contributed by atoms with van der Waals surface area (Å²) in [5.41, 5.74) is 22.6. The van der Waals surface area contributed by atoms with Gasteiger partial charge in [-0.25, -0.2) is 0 Å². The summed E-state index contributed by atoms with van der Waals surface area (Å²) in [6.07, 6.45) is 0. The van der Waals surface area contributed by atoms with Crippen molar-refractivity contribution in [3.63, 3.8) is 0 Å². The Bertz CT molecular complexity index is 3440. The average molecular weight is 814 g/mol. The van der Waals surface area contributed by atoms with Crippen molar-refractivity contribution >= 4 is 17.1 Å². The Kier molecular flexibility index (Phi) is 7.28. The lowest BCUT2D eigenvalue weighted by Gasteiger charge is -2.39. The predicted octanol–water partition coefficient (Wildman–Crippen LogP) is 15.6. The molecule has 0 fully saturated rings. The van der Waals surface area contributed by atoms with Crippen LogP contribution < -0.4 is 9.64 Å². The topological polar surface area (TPSA) is 12.5 Å². The van der Waals surface area contributed by atoms with Gasteiger partial charge in [-0.05, 0) is 115 Å². The number of ether oxygens (including phenoxy) is 1. The number of para-hydroxylation sites is 2. The molecule has 0 bridgehead atoms. The van der Waals surface area contributed by atoms with Gasteiger partial charge < -0.3 is 9.64 Å². The summed E-state index contributed by atoms with van der Waals surface area (Å²) < 4.78 is 6.89. The lowest BCUT2D eigenvalue weighted by Crippen LogP contribution is -2.32. The molecule has 0 radical (unpaired) electrons. The van der Waals surface area contributed by atoms with E-state index in [1.54, 1.807) is 0 Å². The number of fused-ring (bicyclic) bond motifs is 19. The zero-order valence-electron chi connectivity index (χ0n) is 34.9. The number of hydrogen-bond acceptors (Lipinski definition) is 2. The third kappa shape index (κ3) is 4.49. The molecule has 0 unspecified atom stereocenters. The summed E-state index contributed by atoms with van der Waals surface area (Å²) in [5.74, 6) is 1.79. The smallest absolute Gasteiger partial charge is 0.132 e. The van der Waals surface area contributed by atoms with Crippen LogP contribution in [0.1, 0.15) is 44.5 Å². The summed E-state index contributed by atoms with van der Waals surface area (Å²) in [4.78, 5) is 2.46. The van der Waals surface area contributed by atoms with Gasteiger partial charge in [0.2, 0.25) is 0 Å². The molecule has 3 aliphatic carbocycles. The molecule has 2 heteroatoms. The summed E-state index contributed by atoms with van der Waals surface area (Å²) in [6, 6.07) is 87.2.